The molecule has 3 aromatic carbocycles. The minimum atomic E-state index is -0.833. The molecule has 0 spiro atoms. The topological polar surface area (TPSA) is 76.1 Å². The molecule has 1 unspecified atom stereocenters. The summed E-state index contributed by atoms with van der Waals surface area (Å²) in [7, 11) is 0. The fourth-order valence-corrected chi connectivity index (χ4v) is 4.69. The molecule has 1 aliphatic heterocycles. The summed E-state index contributed by atoms with van der Waals surface area (Å²) in [6, 6.07) is 17.5. The van der Waals surface area contributed by atoms with E-state index in [0.29, 0.717) is 40.8 Å². The third kappa shape index (κ3) is 5.85. The van der Waals surface area contributed by atoms with E-state index in [0.717, 1.165) is 16.7 Å². The lowest BCUT2D eigenvalue weighted by atomic mass is 9.94. The highest BCUT2D eigenvalue weighted by Crippen LogP contribution is 2.43. The van der Waals surface area contributed by atoms with Gasteiger partial charge in [0.1, 0.15) is 17.3 Å². The van der Waals surface area contributed by atoms with Crippen molar-refractivity contribution in [3.05, 3.63) is 94.1 Å². The third-order valence-electron chi connectivity index (χ3n) is 6.78. The van der Waals surface area contributed by atoms with Crippen molar-refractivity contribution < 1.29 is 24.2 Å². The summed E-state index contributed by atoms with van der Waals surface area (Å²) in [6.07, 6.45) is -0.0502. The molecule has 6 heteroatoms. The number of aliphatic hydroxyl groups excluding tert-OH is 1. The van der Waals surface area contributed by atoms with Crippen molar-refractivity contribution in [3.8, 4) is 11.5 Å². The van der Waals surface area contributed by atoms with Crippen molar-refractivity contribution in [2.75, 3.05) is 11.5 Å². The van der Waals surface area contributed by atoms with Crippen LogP contribution in [0.5, 0.6) is 11.5 Å². The van der Waals surface area contributed by atoms with Crippen LogP contribution in [0.3, 0.4) is 0 Å². The Bertz CT molecular complexity index is 1440. The Morgan fingerprint density at radius 1 is 0.897 bits per heavy atom. The molecule has 4 rings (SSSR count). The van der Waals surface area contributed by atoms with E-state index in [1.807, 2.05) is 77.1 Å². The van der Waals surface area contributed by atoms with Crippen LogP contribution in [0.4, 0.5) is 5.69 Å². The minimum absolute atomic E-state index is 0.0372. The molecule has 1 heterocycles. The first-order valence-electron chi connectivity index (χ1n) is 13.4. The number of rotatable bonds is 8. The number of carbonyl (C=O) groups is 2. The maximum atomic E-state index is 13.6. The van der Waals surface area contributed by atoms with Crippen LogP contribution in [0.2, 0.25) is 0 Å². The molecule has 1 saturated heterocycles. The number of aliphatic hydroxyl groups is 1. The number of anilines is 1. The van der Waals surface area contributed by atoms with E-state index in [4.69, 9.17) is 9.47 Å². The molecule has 1 aliphatic rings. The Kier molecular flexibility index (Phi) is 8.14. The lowest BCUT2D eigenvalue weighted by molar-refractivity contribution is -0.132. The summed E-state index contributed by atoms with van der Waals surface area (Å²) in [5.74, 6) is 0.0616. The second kappa shape index (κ2) is 11.4. The largest absolute Gasteiger partial charge is 0.507 e. The van der Waals surface area contributed by atoms with Gasteiger partial charge in [-0.15, -0.1) is 0 Å². The van der Waals surface area contributed by atoms with Gasteiger partial charge < -0.3 is 14.6 Å². The van der Waals surface area contributed by atoms with Gasteiger partial charge in [-0.2, -0.15) is 0 Å². The molecule has 0 radical (unpaired) electrons. The number of Topliss-reactive ketones (excluding diaryl/α,β-unsaturated/α-hetero) is 1. The molecular formula is C33H37NO5. The van der Waals surface area contributed by atoms with E-state index in [9.17, 15) is 14.7 Å². The van der Waals surface area contributed by atoms with E-state index < -0.39 is 17.7 Å². The Balaban J connectivity index is 1.88. The maximum absolute atomic E-state index is 13.6. The normalized spacial score (nSPS) is 16.8. The molecule has 0 aromatic heterocycles. The van der Waals surface area contributed by atoms with E-state index in [1.54, 1.807) is 18.2 Å². The van der Waals surface area contributed by atoms with Gasteiger partial charge in [0.2, 0.25) is 0 Å². The molecule has 204 valence electrons. The van der Waals surface area contributed by atoms with Gasteiger partial charge in [-0.3, -0.25) is 14.5 Å². The van der Waals surface area contributed by atoms with Crippen molar-refractivity contribution in [3.63, 3.8) is 0 Å². The zero-order valence-electron chi connectivity index (χ0n) is 23.7. The van der Waals surface area contributed by atoms with Crippen molar-refractivity contribution in [1.29, 1.82) is 0 Å². The molecule has 3 aromatic rings. The van der Waals surface area contributed by atoms with Gasteiger partial charge in [-0.1, -0.05) is 32.0 Å². The van der Waals surface area contributed by atoms with E-state index in [1.165, 1.54) is 4.90 Å². The standard InChI is InChI=1S/C33H37NO5/c1-19(2)18-38-28-14-12-25(15-23(28)7)31(35)29-30(24-9-8-10-27(17-24)39-20(3)4)34(33(37)32(29)36)26-13-11-21(5)22(6)16-26/h8-17,19-20,30,35H,18H2,1-7H3/b31-29+. The molecule has 1 fully saturated rings. The highest BCUT2D eigenvalue weighted by molar-refractivity contribution is 6.51. The van der Waals surface area contributed by atoms with Gasteiger partial charge in [-0.25, -0.2) is 0 Å². The first-order chi connectivity index (χ1) is 18.5. The molecule has 39 heavy (non-hydrogen) atoms. The van der Waals surface area contributed by atoms with Crippen molar-refractivity contribution >= 4 is 23.1 Å². The maximum Gasteiger partial charge on any atom is 0.300 e. The van der Waals surface area contributed by atoms with E-state index in [-0.39, 0.29) is 17.4 Å². The number of ether oxygens (including phenoxy) is 2. The fourth-order valence-electron chi connectivity index (χ4n) is 4.69. The van der Waals surface area contributed by atoms with Crippen molar-refractivity contribution in [1.82, 2.24) is 0 Å². The monoisotopic (exact) mass is 527 g/mol. The van der Waals surface area contributed by atoms with Gasteiger partial charge in [-0.05, 0) is 105 Å². The highest BCUT2D eigenvalue weighted by atomic mass is 16.5. The summed E-state index contributed by atoms with van der Waals surface area (Å²) in [6.45, 7) is 14.4. The Morgan fingerprint density at radius 3 is 2.28 bits per heavy atom. The fraction of sp³-hybridized carbons (Fsp3) is 0.333. The number of hydrogen-bond acceptors (Lipinski definition) is 5. The lowest BCUT2D eigenvalue weighted by Gasteiger charge is -2.26. The van der Waals surface area contributed by atoms with Gasteiger partial charge in [0, 0.05) is 11.3 Å². The van der Waals surface area contributed by atoms with Crippen LogP contribution in [0, 0.1) is 26.7 Å². The molecule has 1 N–H and O–H groups in total. The van der Waals surface area contributed by atoms with E-state index in [2.05, 4.69) is 13.8 Å². The van der Waals surface area contributed by atoms with Gasteiger partial charge in [0.05, 0.1) is 24.3 Å². The molecule has 1 amide bonds. The van der Waals surface area contributed by atoms with Gasteiger partial charge in [0.15, 0.2) is 0 Å². The minimum Gasteiger partial charge on any atom is -0.507 e. The van der Waals surface area contributed by atoms with Crippen LogP contribution in [-0.2, 0) is 9.59 Å². The zero-order valence-corrected chi connectivity index (χ0v) is 23.7. The lowest BCUT2D eigenvalue weighted by Crippen LogP contribution is -2.29. The first-order valence-corrected chi connectivity index (χ1v) is 13.4. The average molecular weight is 528 g/mol. The molecule has 1 atom stereocenters. The summed E-state index contributed by atoms with van der Waals surface area (Å²) in [5, 5.41) is 11.6. The van der Waals surface area contributed by atoms with Gasteiger partial charge in [0.25, 0.3) is 11.7 Å². The number of nitrogens with zero attached hydrogens (tertiary/aromatic N) is 1. The first kappa shape index (κ1) is 28.0. The number of hydrogen-bond donors (Lipinski definition) is 1. The number of amides is 1. The number of benzene rings is 3. The van der Waals surface area contributed by atoms with Crippen molar-refractivity contribution in [2.24, 2.45) is 5.92 Å². The van der Waals surface area contributed by atoms with Crippen LogP contribution in [0.25, 0.3) is 5.76 Å². The van der Waals surface area contributed by atoms with Crippen LogP contribution >= 0.6 is 0 Å². The quantitative estimate of drug-likeness (QED) is 0.193. The number of ketones is 1. The van der Waals surface area contributed by atoms with Crippen LogP contribution in [0.1, 0.15) is 61.6 Å². The van der Waals surface area contributed by atoms with Crippen LogP contribution in [-0.4, -0.2) is 29.5 Å². The third-order valence-corrected chi connectivity index (χ3v) is 6.78. The predicted molar refractivity (Wildman–Crippen MR) is 154 cm³/mol. The highest BCUT2D eigenvalue weighted by Gasteiger charge is 2.47. The van der Waals surface area contributed by atoms with Gasteiger partial charge >= 0.3 is 0 Å². The van der Waals surface area contributed by atoms with Crippen LogP contribution < -0.4 is 14.4 Å². The Labute approximate surface area is 230 Å². The molecule has 0 saturated carbocycles. The zero-order chi connectivity index (χ0) is 28.4. The summed E-state index contributed by atoms with van der Waals surface area (Å²) >= 11 is 0. The Hall–Kier alpha value is -4.06. The molecule has 6 nitrogen and oxygen atoms in total. The van der Waals surface area contributed by atoms with Crippen molar-refractivity contribution in [2.45, 2.75) is 60.6 Å². The Morgan fingerprint density at radius 2 is 1.64 bits per heavy atom. The summed E-state index contributed by atoms with van der Waals surface area (Å²) in [5.41, 5.74) is 4.64. The van der Waals surface area contributed by atoms with Crippen LogP contribution in [0.15, 0.2) is 66.2 Å². The molecule has 0 bridgehead atoms. The average Bonchev–Trinajstić information content (AvgIpc) is 3.14. The SMILES string of the molecule is Cc1ccc(N2C(=O)C(=O)/C(=C(/O)c3ccc(OCC(C)C)c(C)c3)C2c2cccc(OC(C)C)c2)cc1C. The number of carbonyl (C=O) groups excluding carboxylic acids is 2. The second-order valence-corrected chi connectivity index (χ2v) is 10.9. The smallest absolute Gasteiger partial charge is 0.300 e. The molecule has 0 aliphatic carbocycles. The predicted octanol–water partition coefficient (Wildman–Crippen LogP) is 7.06. The second-order valence-electron chi connectivity index (χ2n) is 10.9. The number of aryl methyl sites for hydroxylation is 3. The molecular weight excluding hydrogens is 490 g/mol. The summed E-state index contributed by atoms with van der Waals surface area (Å²) < 4.78 is 11.8. The summed E-state index contributed by atoms with van der Waals surface area (Å²) in [4.78, 5) is 28.6. The van der Waals surface area contributed by atoms with E-state index >= 15 is 0 Å².